The van der Waals surface area contributed by atoms with Crippen molar-refractivity contribution in [3.8, 4) is 0 Å². The highest BCUT2D eigenvalue weighted by molar-refractivity contribution is 9.11. The van der Waals surface area contributed by atoms with Crippen molar-refractivity contribution in [1.82, 2.24) is 0 Å². The fraction of sp³-hybridized carbons (Fsp3) is 0.143. The lowest BCUT2D eigenvalue weighted by Crippen LogP contribution is -1.85. The maximum absolute atomic E-state index is 12.7. The number of halogens is 4. The van der Waals surface area contributed by atoms with Crippen LogP contribution in [0, 0.1) is 5.82 Å². The minimum absolute atomic E-state index is 0.242. The van der Waals surface area contributed by atoms with Gasteiger partial charge in [0.05, 0.1) is 0 Å². The van der Waals surface area contributed by atoms with Gasteiger partial charge in [-0.1, -0.05) is 47.8 Å². The van der Waals surface area contributed by atoms with E-state index in [1.807, 2.05) is 0 Å². The largest absolute Gasteiger partial charge is 0.207 e. The lowest BCUT2D eigenvalue weighted by molar-refractivity contribution is 0.625. The number of rotatable bonds is 1. The first-order valence-electron chi connectivity index (χ1n) is 2.84. The number of hydrogen-bond acceptors (Lipinski definition) is 0. The summed E-state index contributed by atoms with van der Waals surface area (Å²) >= 11 is 9.82. The van der Waals surface area contributed by atoms with Gasteiger partial charge in [-0.15, -0.1) is 0 Å². The van der Waals surface area contributed by atoms with Crippen LogP contribution in [-0.2, 0) is 5.33 Å². The fourth-order valence-electron chi connectivity index (χ4n) is 0.700. The molecule has 0 aromatic heterocycles. The van der Waals surface area contributed by atoms with Crippen LogP contribution in [-0.4, -0.2) is 0 Å². The quantitative estimate of drug-likeness (QED) is 0.667. The minimum atomic E-state index is -0.242. The highest BCUT2D eigenvalue weighted by Crippen LogP contribution is 2.28. The summed E-state index contributed by atoms with van der Waals surface area (Å²) in [4.78, 5) is 0. The molecular weight excluding hydrogens is 343 g/mol. The Morgan fingerprint density at radius 3 is 2.00 bits per heavy atom. The Morgan fingerprint density at radius 1 is 1.18 bits per heavy atom. The average molecular weight is 347 g/mol. The van der Waals surface area contributed by atoms with Gasteiger partial charge in [-0.05, 0) is 17.7 Å². The number of benzene rings is 1. The Bertz CT molecular complexity index is 249. The van der Waals surface area contributed by atoms with Crippen LogP contribution in [0.15, 0.2) is 21.1 Å². The van der Waals surface area contributed by atoms with Crippen molar-refractivity contribution in [3.05, 3.63) is 32.5 Å². The van der Waals surface area contributed by atoms with Gasteiger partial charge in [-0.3, -0.25) is 0 Å². The lowest BCUT2D eigenvalue weighted by atomic mass is 10.2. The van der Waals surface area contributed by atoms with Crippen LogP contribution < -0.4 is 0 Å². The zero-order valence-corrected chi connectivity index (χ0v) is 10.1. The second-order valence-corrected chi connectivity index (χ2v) is 4.25. The third-order valence-electron chi connectivity index (χ3n) is 1.24. The number of hydrogen-bond donors (Lipinski definition) is 0. The van der Waals surface area contributed by atoms with Gasteiger partial charge in [0.2, 0.25) is 0 Å². The second-order valence-electron chi connectivity index (χ2n) is 1.98. The van der Waals surface area contributed by atoms with Crippen LogP contribution in [0.5, 0.6) is 0 Å². The summed E-state index contributed by atoms with van der Waals surface area (Å²) in [6.45, 7) is 0. The molecule has 4 heteroatoms. The predicted molar refractivity (Wildman–Crippen MR) is 54.4 cm³/mol. The maximum Gasteiger partial charge on any atom is 0.125 e. The molecule has 0 heterocycles. The monoisotopic (exact) mass is 344 g/mol. The maximum atomic E-state index is 12.7. The molecule has 0 atom stereocenters. The van der Waals surface area contributed by atoms with Gasteiger partial charge < -0.3 is 0 Å². The van der Waals surface area contributed by atoms with Gasteiger partial charge in [-0.25, -0.2) is 4.39 Å². The zero-order chi connectivity index (χ0) is 8.43. The highest BCUT2D eigenvalue weighted by Gasteiger charge is 2.05. The first kappa shape index (κ1) is 9.68. The fourth-order valence-corrected chi connectivity index (χ4v) is 3.47. The van der Waals surface area contributed by atoms with E-state index in [9.17, 15) is 4.39 Å². The summed E-state index contributed by atoms with van der Waals surface area (Å²) in [6, 6.07) is 2.89. The molecule has 0 saturated carbocycles. The molecule has 1 rings (SSSR count). The predicted octanol–water partition coefficient (Wildman–Crippen LogP) is 4.25. The third kappa shape index (κ3) is 2.26. The van der Waals surface area contributed by atoms with Crippen molar-refractivity contribution in [2.24, 2.45) is 0 Å². The molecule has 0 N–H and O–H groups in total. The molecule has 11 heavy (non-hydrogen) atoms. The Hall–Kier alpha value is 0.590. The van der Waals surface area contributed by atoms with Crippen molar-refractivity contribution in [3.63, 3.8) is 0 Å². The summed E-state index contributed by atoms with van der Waals surface area (Å²) < 4.78 is 14.2. The summed E-state index contributed by atoms with van der Waals surface area (Å²) in [7, 11) is 0. The molecule has 0 fully saturated rings. The minimum Gasteiger partial charge on any atom is -0.207 e. The smallest absolute Gasteiger partial charge is 0.125 e. The van der Waals surface area contributed by atoms with E-state index in [1.165, 1.54) is 12.1 Å². The summed E-state index contributed by atoms with van der Waals surface area (Å²) in [5.41, 5.74) is 1.02. The molecule has 0 amide bonds. The third-order valence-corrected chi connectivity index (χ3v) is 3.22. The molecule has 0 radical (unpaired) electrons. The highest BCUT2D eigenvalue weighted by atomic mass is 79.9. The molecule has 0 spiro atoms. The molecule has 0 aliphatic carbocycles. The van der Waals surface area contributed by atoms with Gasteiger partial charge in [0, 0.05) is 14.3 Å². The lowest BCUT2D eigenvalue weighted by Gasteiger charge is -2.02. The summed E-state index contributed by atoms with van der Waals surface area (Å²) in [6.07, 6.45) is 0. The Kier molecular flexibility index (Phi) is 3.52. The molecule has 0 saturated heterocycles. The van der Waals surface area contributed by atoms with E-state index in [1.54, 1.807) is 0 Å². The van der Waals surface area contributed by atoms with Crippen molar-refractivity contribution in [1.29, 1.82) is 0 Å². The standard InChI is InChI=1S/C7H4Br3F/c8-3-5-6(9)1-4(11)2-7(5)10/h1-2H,3H2. The molecule has 0 nitrogen and oxygen atoms in total. The number of alkyl halides is 1. The van der Waals surface area contributed by atoms with Crippen LogP contribution >= 0.6 is 47.8 Å². The van der Waals surface area contributed by atoms with E-state index < -0.39 is 0 Å². The van der Waals surface area contributed by atoms with Crippen LogP contribution in [0.1, 0.15) is 5.56 Å². The average Bonchev–Trinajstić information content (AvgIpc) is 1.85. The Morgan fingerprint density at radius 2 is 1.64 bits per heavy atom. The van der Waals surface area contributed by atoms with Crippen molar-refractivity contribution in [2.75, 3.05) is 0 Å². The Balaban J connectivity index is 3.25. The molecule has 0 unspecified atom stereocenters. The van der Waals surface area contributed by atoms with E-state index in [0.717, 1.165) is 14.5 Å². The zero-order valence-electron chi connectivity index (χ0n) is 5.37. The Labute approximate surface area is 89.6 Å². The molecular formula is C7H4Br3F. The van der Waals surface area contributed by atoms with E-state index >= 15 is 0 Å². The first-order chi connectivity index (χ1) is 5.15. The van der Waals surface area contributed by atoms with Gasteiger partial charge in [-0.2, -0.15) is 0 Å². The van der Waals surface area contributed by atoms with E-state index in [0.29, 0.717) is 5.33 Å². The normalized spacial score (nSPS) is 10.2. The van der Waals surface area contributed by atoms with Crippen LogP contribution in [0.4, 0.5) is 4.39 Å². The van der Waals surface area contributed by atoms with Gasteiger partial charge >= 0.3 is 0 Å². The van der Waals surface area contributed by atoms with E-state index in [-0.39, 0.29) is 5.82 Å². The van der Waals surface area contributed by atoms with Gasteiger partial charge in [0.15, 0.2) is 0 Å². The van der Waals surface area contributed by atoms with Crippen molar-refractivity contribution < 1.29 is 4.39 Å². The van der Waals surface area contributed by atoms with Gasteiger partial charge in [0.1, 0.15) is 5.82 Å². The van der Waals surface area contributed by atoms with Crippen LogP contribution in [0.3, 0.4) is 0 Å². The van der Waals surface area contributed by atoms with Crippen molar-refractivity contribution in [2.45, 2.75) is 5.33 Å². The molecule has 0 aliphatic rings. The first-order valence-corrected chi connectivity index (χ1v) is 5.55. The SMILES string of the molecule is Fc1cc(Br)c(CBr)c(Br)c1. The molecule has 0 bridgehead atoms. The topological polar surface area (TPSA) is 0 Å². The summed E-state index contributed by atoms with van der Waals surface area (Å²) in [5.74, 6) is -0.242. The van der Waals surface area contributed by atoms with Crippen molar-refractivity contribution >= 4 is 47.8 Å². The van der Waals surface area contributed by atoms with E-state index in [4.69, 9.17) is 0 Å². The van der Waals surface area contributed by atoms with Gasteiger partial charge in [0.25, 0.3) is 0 Å². The second kappa shape index (κ2) is 4.01. The van der Waals surface area contributed by atoms with E-state index in [2.05, 4.69) is 47.8 Å². The molecule has 0 aliphatic heterocycles. The molecule has 1 aromatic rings. The molecule has 60 valence electrons. The summed E-state index contributed by atoms with van der Waals surface area (Å²) in [5, 5.41) is 0.703. The van der Waals surface area contributed by atoms with Crippen LogP contribution in [0.2, 0.25) is 0 Å². The van der Waals surface area contributed by atoms with Crippen LogP contribution in [0.25, 0.3) is 0 Å². The molecule has 1 aromatic carbocycles.